The zero-order valence-electron chi connectivity index (χ0n) is 11.9. The van der Waals surface area contributed by atoms with Gasteiger partial charge in [-0.2, -0.15) is 0 Å². The van der Waals surface area contributed by atoms with Gasteiger partial charge in [-0.15, -0.1) is 0 Å². The van der Waals surface area contributed by atoms with Gasteiger partial charge >= 0.3 is 51.4 Å². The molecule has 0 fully saturated rings. The third-order valence-corrected chi connectivity index (χ3v) is 2.90. The molecule has 0 aromatic carbocycles. The monoisotopic (exact) mass is 222 g/mol. The molecule has 0 bridgehead atoms. The molecule has 0 amide bonds. The largest absolute Gasteiger partial charge is 1.00 e. The van der Waals surface area contributed by atoms with Crippen LogP contribution in [0, 0.1) is 0 Å². The van der Waals surface area contributed by atoms with Crippen LogP contribution in [0.4, 0.5) is 0 Å². The van der Waals surface area contributed by atoms with E-state index in [1.54, 1.807) is 0 Å². The number of hydrogen-bond acceptors (Lipinski definition) is 0. The van der Waals surface area contributed by atoms with E-state index in [1.807, 2.05) is 0 Å². The Bertz CT molecular complexity index is 82.6. The molecule has 0 N–H and O–H groups in total. The fourth-order valence-electron chi connectivity index (χ4n) is 1.91. The van der Waals surface area contributed by atoms with Gasteiger partial charge in [0.25, 0.3) is 0 Å². The minimum absolute atomic E-state index is 0. The van der Waals surface area contributed by atoms with Gasteiger partial charge in [-0.1, -0.05) is 78.3 Å². The van der Waals surface area contributed by atoms with E-state index in [9.17, 15) is 0 Å². The summed E-state index contributed by atoms with van der Waals surface area (Å²) in [5.74, 6) is 0. The first-order chi connectivity index (χ1) is 6.35. The van der Waals surface area contributed by atoms with Crippen LogP contribution in [0.1, 0.15) is 60.7 Å². The normalized spacial score (nSPS) is 9.64. The van der Waals surface area contributed by atoms with E-state index >= 15 is 0 Å². The van der Waals surface area contributed by atoms with Crippen molar-refractivity contribution in [2.45, 2.75) is 78.3 Å². The summed E-state index contributed by atoms with van der Waals surface area (Å²) < 4.78 is 0. The van der Waals surface area contributed by atoms with Crippen molar-refractivity contribution in [3.63, 3.8) is 0 Å². The van der Waals surface area contributed by atoms with Gasteiger partial charge in [0.1, 0.15) is 6.71 Å². The molecule has 0 saturated heterocycles. The van der Waals surface area contributed by atoms with Crippen molar-refractivity contribution in [2.75, 3.05) is 0 Å². The molecule has 0 radical (unpaired) electrons. The van der Waals surface area contributed by atoms with E-state index in [0.29, 0.717) is 0 Å². The molecule has 0 unspecified atom stereocenters. The smallest absolute Gasteiger partial charge is 1.00 e. The molecule has 0 aromatic rings. The number of hydrogen-bond donors (Lipinski definition) is 0. The maximum atomic E-state index is 2.30. The Morgan fingerprint density at radius 3 is 1.21 bits per heavy atom. The minimum atomic E-state index is 0. The van der Waals surface area contributed by atoms with Crippen LogP contribution in [-0.4, -0.2) is 6.71 Å². The van der Waals surface area contributed by atoms with Crippen LogP contribution in [0.5, 0.6) is 0 Å². The summed E-state index contributed by atoms with van der Waals surface area (Å²) in [7, 11) is 0. The minimum Gasteiger partial charge on any atom is -1.00 e. The van der Waals surface area contributed by atoms with E-state index in [1.165, 1.54) is 57.5 Å². The molecule has 80 valence electrons. The molecule has 0 rings (SSSR count). The molecule has 0 nitrogen and oxygen atoms in total. The maximum absolute atomic E-state index is 2.30. The van der Waals surface area contributed by atoms with Crippen molar-refractivity contribution in [2.24, 2.45) is 0 Å². The van der Waals surface area contributed by atoms with Crippen molar-refractivity contribution in [3.8, 4) is 0 Å². The number of unbranched alkanes of at least 4 members (excludes halogenated alkanes) is 3. The average Bonchev–Trinajstić information content (AvgIpc) is 2.17. The van der Waals surface area contributed by atoms with E-state index in [0.717, 1.165) is 6.71 Å². The van der Waals surface area contributed by atoms with E-state index < -0.39 is 0 Å². The molecule has 0 aromatic heterocycles. The molecule has 2 heteroatoms. The first kappa shape index (κ1) is 18.1. The Morgan fingerprint density at radius 2 is 1.00 bits per heavy atom. The standard InChI is InChI=1S/C12H27B.K.H/c1-4-7-10-13(11-8-5-2)12-9-6-3;;/h4-12H2,1-3H3;;/q;+1;-1. The van der Waals surface area contributed by atoms with Crippen molar-refractivity contribution < 1.29 is 52.8 Å². The van der Waals surface area contributed by atoms with Gasteiger partial charge in [0, 0.05) is 0 Å². The van der Waals surface area contributed by atoms with Crippen LogP contribution < -0.4 is 51.4 Å². The second-order valence-corrected chi connectivity index (χ2v) is 4.29. The van der Waals surface area contributed by atoms with Crippen LogP contribution in [0.15, 0.2) is 0 Å². The molecule has 0 saturated carbocycles. The Balaban J connectivity index is -0.000000720. The van der Waals surface area contributed by atoms with Crippen molar-refractivity contribution in [1.29, 1.82) is 0 Å². The summed E-state index contributed by atoms with van der Waals surface area (Å²) in [6.45, 7) is 7.95. The summed E-state index contributed by atoms with van der Waals surface area (Å²) >= 11 is 0. The molecule has 0 aliphatic carbocycles. The van der Waals surface area contributed by atoms with Crippen LogP contribution in [0.25, 0.3) is 0 Å². The zero-order chi connectivity index (χ0) is 9.94. The molecule has 0 atom stereocenters. The number of rotatable bonds is 9. The predicted molar refractivity (Wildman–Crippen MR) is 66.0 cm³/mol. The van der Waals surface area contributed by atoms with Crippen LogP contribution in [-0.2, 0) is 0 Å². The SMILES string of the molecule is CCCCB(CCCC)CCCC.[H-].[K+]. The van der Waals surface area contributed by atoms with Gasteiger partial charge in [0.05, 0.1) is 0 Å². The quantitative estimate of drug-likeness (QED) is 0.523. The second kappa shape index (κ2) is 14.7. The molecular formula is C12H28BK. The topological polar surface area (TPSA) is 0 Å². The molecular weight excluding hydrogens is 194 g/mol. The van der Waals surface area contributed by atoms with Gasteiger partial charge in [-0.25, -0.2) is 0 Å². The maximum Gasteiger partial charge on any atom is 1.00 e. The van der Waals surface area contributed by atoms with Crippen molar-refractivity contribution >= 4 is 6.71 Å². The summed E-state index contributed by atoms with van der Waals surface area (Å²) in [6, 6.07) is 0. The van der Waals surface area contributed by atoms with Gasteiger partial charge < -0.3 is 1.43 Å². The zero-order valence-corrected chi connectivity index (χ0v) is 14.1. The summed E-state index contributed by atoms with van der Waals surface area (Å²) in [6.07, 6.45) is 12.9. The van der Waals surface area contributed by atoms with Crippen LogP contribution in [0.2, 0.25) is 19.0 Å². The third-order valence-electron chi connectivity index (χ3n) is 2.90. The van der Waals surface area contributed by atoms with Crippen molar-refractivity contribution in [3.05, 3.63) is 0 Å². The summed E-state index contributed by atoms with van der Waals surface area (Å²) in [4.78, 5) is 0. The summed E-state index contributed by atoms with van der Waals surface area (Å²) in [5.41, 5.74) is 0. The molecule has 0 spiro atoms. The van der Waals surface area contributed by atoms with Crippen LogP contribution >= 0.6 is 0 Å². The fraction of sp³-hybridized carbons (Fsp3) is 1.00. The molecule has 0 aliphatic rings. The predicted octanol–water partition coefficient (Wildman–Crippen LogP) is 2.00. The van der Waals surface area contributed by atoms with E-state index in [-0.39, 0.29) is 52.8 Å². The molecule has 0 aliphatic heterocycles. The summed E-state index contributed by atoms with van der Waals surface area (Å²) in [5, 5.41) is 0. The Morgan fingerprint density at radius 1 is 0.714 bits per heavy atom. The van der Waals surface area contributed by atoms with E-state index in [2.05, 4.69) is 20.8 Å². The van der Waals surface area contributed by atoms with Gasteiger partial charge in [-0.3, -0.25) is 0 Å². The Labute approximate surface area is 136 Å². The van der Waals surface area contributed by atoms with Gasteiger partial charge in [0.15, 0.2) is 0 Å². The molecule has 0 heterocycles. The first-order valence-electron chi connectivity index (χ1n) is 6.35. The molecule has 14 heavy (non-hydrogen) atoms. The van der Waals surface area contributed by atoms with Gasteiger partial charge in [-0.05, 0) is 0 Å². The van der Waals surface area contributed by atoms with E-state index in [4.69, 9.17) is 0 Å². The first-order valence-corrected chi connectivity index (χ1v) is 6.35. The Kier molecular flexibility index (Phi) is 19.0. The van der Waals surface area contributed by atoms with Crippen LogP contribution in [0.3, 0.4) is 0 Å². The third kappa shape index (κ3) is 11.8. The average molecular weight is 222 g/mol. The van der Waals surface area contributed by atoms with Gasteiger partial charge in [0.2, 0.25) is 0 Å². The van der Waals surface area contributed by atoms with Crippen molar-refractivity contribution in [1.82, 2.24) is 0 Å². The Hall–Kier alpha value is 1.70. The fourth-order valence-corrected chi connectivity index (χ4v) is 1.91. The second-order valence-electron chi connectivity index (χ2n) is 4.29.